The van der Waals surface area contributed by atoms with Crippen LogP contribution in [0.3, 0.4) is 0 Å². The van der Waals surface area contributed by atoms with Crippen molar-refractivity contribution in [1.82, 2.24) is 4.90 Å². The molecule has 1 aromatic rings. The van der Waals surface area contributed by atoms with Crippen LogP contribution in [0.1, 0.15) is 19.8 Å². The summed E-state index contributed by atoms with van der Waals surface area (Å²) < 4.78 is 11.1. The molecule has 2 atom stereocenters. The predicted octanol–water partition coefficient (Wildman–Crippen LogP) is 2.17. The van der Waals surface area contributed by atoms with Crippen LogP contribution in [0.5, 0.6) is 11.5 Å². The Kier molecular flexibility index (Phi) is 5.68. The molecule has 2 unspecified atom stereocenters. The Balaban J connectivity index is 1.85. The van der Waals surface area contributed by atoms with Crippen molar-refractivity contribution in [3.05, 3.63) is 24.3 Å². The number of benzene rings is 1. The summed E-state index contributed by atoms with van der Waals surface area (Å²) in [5.74, 6) is 2.10. The lowest BCUT2D eigenvalue weighted by Crippen LogP contribution is -2.48. The van der Waals surface area contributed by atoms with Gasteiger partial charge in [0, 0.05) is 12.6 Å². The molecule has 4 heteroatoms. The molecule has 0 amide bonds. The van der Waals surface area contributed by atoms with Crippen LogP contribution >= 0.6 is 0 Å². The highest BCUT2D eigenvalue weighted by atomic mass is 16.5. The second-order valence-electron chi connectivity index (χ2n) is 5.40. The molecule has 112 valence electrons. The lowest BCUT2D eigenvalue weighted by Gasteiger charge is -2.38. The van der Waals surface area contributed by atoms with Crippen LogP contribution in [0.4, 0.5) is 0 Å². The molecule has 0 aromatic heterocycles. The molecule has 20 heavy (non-hydrogen) atoms. The molecule has 1 N–H and O–H groups in total. The van der Waals surface area contributed by atoms with Crippen molar-refractivity contribution in [3.63, 3.8) is 0 Å². The van der Waals surface area contributed by atoms with E-state index in [1.807, 2.05) is 24.3 Å². The lowest BCUT2D eigenvalue weighted by atomic mass is 9.91. The van der Waals surface area contributed by atoms with E-state index in [4.69, 9.17) is 9.47 Å². The molecule has 0 radical (unpaired) electrons. The van der Waals surface area contributed by atoms with E-state index < -0.39 is 0 Å². The summed E-state index contributed by atoms with van der Waals surface area (Å²) in [7, 11) is 1.65. The van der Waals surface area contributed by atoms with E-state index >= 15 is 0 Å². The first-order valence-corrected chi connectivity index (χ1v) is 7.37. The van der Waals surface area contributed by atoms with Crippen LogP contribution in [0.2, 0.25) is 0 Å². The van der Waals surface area contributed by atoms with Gasteiger partial charge < -0.3 is 14.6 Å². The standard InChI is InChI=1S/C16H25NO3/c1-13-6-5-9-17(14(13)12-18)10-11-20-16-8-4-3-7-15(16)19-2/h3-4,7-8,13-14,18H,5-6,9-12H2,1-2H3. The number of hydrogen-bond donors (Lipinski definition) is 1. The molecule has 1 aromatic carbocycles. The van der Waals surface area contributed by atoms with Crippen molar-refractivity contribution in [1.29, 1.82) is 0 Å². The number of para-hydroxylation sites is 2. The number of hydrogen-bond acceptors (Lipinski definition) is 4. The Hall–Kier alpha value is -1.26. The monoisotopic (exact) mass is 279 g/mol. The number of methoxy groups -OCH3 is 1. The van der Waals surface area contributed by atoms with Gasteiger partial charge in [0.1, 0.15) is 6.61 Å². The minimum Gasteiger partial charge on any atom is -0.493 e. The van der Waals surface area contributed by atoms with Gasteiger partial charge in [-0.25, -0.2) is 0 Å². The van der Waals surface area contributed by atoms with Crippen LogP contribution in [0.15, 0.2) is 24.3 Å². The SMILES string of the molecule is COc1ccccc1OCCN1CCCC(C)C1CO. The third-order valence-electron chi connectivity index (χ3n) is 4.12. The topological polar surface area (TPSA) is 41.9 Å². The van der Waals surface area contributed by atoms with Crippen molar-refractivity contribution >= 4 is 0 Å². The van der Waals surface area contributed by atoms with Crippen LogP contribution in [0, 0.1) is 5.92 Å². The molecule has 4 nitrogen and oxygen atoms in total. The average molecular weight is 279 g/mol. The number of ether oxygens (including phenoxy) is 2. The summed E-state index contributed by atoms with van der Waals surface area (Å²) in [5.41, 5.74) is 0. The molecular weight excluding hydrogens is 254 g/mol. The van der Waals surface area contributed by atoms with Crippen LogP contribution in [-0.2, 0) is 0 Å². The predicted molar refractivity (Wildman–Crippen MR) is 79.3 cm³/mol. The highest BCUT2D eigenvalue weighted by Gasteiger charge is 2.27. The summed E-state index contributed by atoms with van der Waals surface area (Å²) >= 11 is 0. The van der Waals surface area contributed by atoms with Gasteiger partial charge in [0.2, 0.25) is 0 Å². The highest BCUT2D eigenvalue weighted by molar-refractivity contribution is 5.39. The van der Waals surface area contributed by atoms with Crippen molar-refractivity contribution in [2.24, 2.45) is 5.92 Å². The Labute approximate surface area is 121 Å². The van der Waals surface area contributed by atoms with E-state index in [2.05, 4.69) is 11.8 Å². The van der Waals surface area contributed by atoms with Gasteiger partial charge in [0.25, 0.3) is 0 Å². The zero-order valence-electron chi connectivity index (χ0n) is 12.4. The van der Waals surface area contributed by atoms with Gasteiger partial charge in [0.05, 0.1) is 13.7 Å². The molecule has 0 bridgehead atoms. The fraction of sp³-hybridized carbons (Fsp3) is 0.625. The summed E-state index contributed by atoms with van der Waals surface area (Å²) in [6, 6.07) is 7.96. The molecule has 0 saturated carbocycles. The normalized spacial score (nSPS) is 23.6. The third kappa shape index (κ3) is 3.64. The van der Waals surface area contributed by atoms with Crippen molar-refractivity contribution < 1.29 is 14.6 Å². The highest BCUT2D eigenvalue weighted by Crippen LogP contribution is 2.26. The number of nitrogens with zero attached hydrogens (tertiary/aromatic N) is 1. The van der Waals surface area contributed by atoms with Crippen molar-refractivity contribution in [2.75, 3.05) is 33.4 Å². The zero-order valence-corrected chi connectivity index (χ0v) is 12.4. The molecule has 1 saturated heterocycles. The molecular formula is C16H25NO3. The Bertz CT molecular complexity index is 410. The molecule has 1 heterocycles. The summed E-state index contributed by atoms with van der Waals surface area (Å²) in [4.78, 5) is 2.34. The molecule has 1 aliphatic heterocycles. The summed E-state index contributed by atoms with van der Waals surface area (Å²) in [5, 5.41) is 9.53. The number of aliphatic hydroxyl groups excluding tert-OH is 1. The van der Waals surface area contributed by atoms with E-state index in [1.54, 1.807) is 7.11 Å². The molecule has 2 rings (SSSR count). The van der Waals surface area contributed by atoms with E-state index in [9.17, 15) is 5.11 Å². The molecule has 0 aliphatic carbocycles. The molecule has 1 aliphatic rings. The van der Waals surface area contributed by atoms with Gasteiger partial charge in [0.15, 0.2) is 11.5 Å². The van der Waals surface area contributed by atoms with Crippen molar-refractivity contribution in [3.8, 4) is 11.5 Å². The molecule has 1 fully saturated rings. The number of piperidine rings is 1. The van der Waals surface area contributed by atoms with E-state index in [1.165, 1.54) is 12.8 Å². The number of aliphatic hydroxyl groups is 1. The molecule has 0 spiro atoms. The van der Waals surface area contributed by atoms with Gasteiger partial charge in [-0.1, -0.05) is 19.1 Å². The Morgan fingerprint density at radius 1 is 1.30 bits per heavy atom. The van der Waals surface area contributed by atoms with Gasteiger partial charge in [-0.3, -0.25) is 4.90 Å². The van der Waals surface area contributed by atoms with E-state index in [0.717, 1.165) is 24.6 Å². The second-order valence-corrected chi connectivity index (χ2v) is 5.40. The van der Waals surface area contributed by atoms with Crippen LogP contribution in [-0.4, -0.2) is 49.5 Å². The maximum absolute atomic E-state index is 9.53. The first kappa shape index (κ1) is 15.1. The van der Waals surface area contributed by atoms with Gasteiger partial charge in [-0.15, -0.1) is 0 Å². The Morgan fingerprint density at radius 3 is 2.75 bits per heavy atom. The smallest absolute Gasteiger partial charge is 0.161 e. The van der Waals surface area contributed by atoms with Crippen molar-refractivity contribution in [2.45, 2.75) is 25.8 Å². The summed E-state index contributed by atoms with van der Waals surface area (Å²) in [6.45, 7) is 4.95. The van der Waals surface area contributed by atoms with E-state index in [0.29, 0.717) is 12.5 Å². The van der Waals surface area contributed by atoms with Gasteiger partial charge in [-0.05, 0) is 37.4 Å². The lowest BCUT2D eigenvalue weighted by molar-refractivity contribution is 0.0433. The number of likely N-dealkylation sites (tertiary alicyclic amines) is 1. The second kappa shape index (κ2) is 7.50. The first-order valence-electron chi connectivity index (χ1n) is 7.37. The van der Waals surface area contributed by atoms with Crippen LogP contribution < -0.4 is 9.47 Å². The Morgan fingerprint density at radius 2 is 2.05 bits per heavy atom. The minimum absolute atomic E-state index is 0.232. The maximum Gasteiger partial charge on any atom is 0.161 e. The minimum atomic E-state index is 0.232. The third-order valence-corrected chi connectivity index (χ3v) is 4.12. The van der Waals surface area contributed by atoms with E-state index in [-0.39, 0.29) is 12.6 Å². The zero-order chi connectivity index (χ0) is 14.4. The quantitative estimate of drug-likeness (QED) is 0.866. The average Bonchev–Trinajstić information content (AvgIpc) is 2.48. The number of rotatable bonds is 6. The first-order chi connectivity index (χ1) is 9.76. The maximum atomic E-state index is 9.53. The van der Waals surface area contributed by atoms with Gasteiger partial charge in [-0.2, -0.15) is 0 Å². The van der Waals surface area contributed by atoms with Gasteiger partial charge >= 0.3 is 0 Å². The fourth-order valence-corrected chi connectivity index (χ4v) is 2.92. The largest absolute Gasteiger partial charge is 0.493 e. The summed E-state index contributed by atoms with van der Waals surface area (Å²) in [6.07, 6.45) is 2.40. The van der Waals surface area contributed by atoms with Crippen LogP contribution in [0.25, 0.3) is 0 Å². The fourth-order valence-electron chi connectivity index (χ4n) is 2.92.